The van der Waals surface area contributed by atoms with Crippen LogP contribution in [0.3, 0.4) is 0 Å². The highest BCUT2D eigenvalue weighted by Crippen LogP contribution is 2.43. The van der Waals surface area contributed by atoms with Crippen molar-refractivity contribution in [3.8, 4) is 11.8 Å². The van der Waals surface area contributed by atoms with Crippen molar-refractivity contribution in [1.82, 2.24) is 0 Å². The van der Waals surface area contributed by atoms with Gasteiger partial charge in [0.2, 0.25) is 0 Å². The number of nitriles is 1. The van der Waals surface area contributed by atoms with Gasteiger partial charge in [0.25, 0.3) is 0 Å². The highest BCUT2D eigenvalue weighted by molar-refractivity contribution is 5.92. The van der Waals surface area contributed by atoms with Gasteiger partial charge in [0.05, 0.1) is 11.6 Å². The fourth-order valence-corrected chi connectivity index (χ4v) is 2.77. The molecule has 2 unspecified atom stereocenters. The fourth-order valence-electron chi connectivity index (χ4n) is 2.77. The van der Waals surface area contributed by atoms with Crippen LogP contribution >= 0.6 is 0 Å². The molecule has 0 radical (unpaired) electrons. The number of hydrogen-bond donors (Lipinski definition) is 1. The van der Waals surface area contributed by atoms with Gasteiger partial charge in [0.15, 0.2) is 11.9 Å². The molecule has 1 aliphatic heterocycles. The van der Waals surface area contributed by atoms with Crippen LogP contribution in [0.5, 0.6) is 5.75 Å². The van der Waals surface area contributed by atoms with Gasteiger partial charge in [-0.25, -0.2) is 0 Å². The Bertz CT molecular complexity index is 699. The molecule has 0 fully saturated rings. The van der Waals surface area contributed by atoms with Crippen molar-refractivity contribution < 1.29 is 19.4 Å². The molecule has 2 aliphatic rings. The number of rotatable bonds is 2. The van der Waals surface area contributed by atoms with Gasteiger partial charge in [-0.05, 0) is 32.0 Å². The summed E-state index contributed by atoms with van der Waals surface area (Å²) in [4.78, 5) is 11.4. The molecule has 0 amide bonds. The normalized spacial score (nSPS) is 25.7. The van der Waals surface area contributed by atoms with Crippen LogP contribution in [0, 0.1) is 11.3 Å². The third-order valence-electron chi connectivity index (χ3n) is 4.04. The minimum Gasteiger partial charge on any atom is -0.487 e. The number of ether oxygens (including phenoxy) is 2. The van der Waals surface area contributed by atoms with Crippen molar-refractivity contribution in [2.24, 2.45) is 0 Å². The number of hydrogen-bond acceptors (Lipinski definition) is 5. The molecule has 1 N–H and O–H groups in total. The number of allylic oxidation sites excluding steroid dienone is 2. The smallest absolute Gasteiger partial charge is 0.159 e. The van der Waals surface area contributed by atoms with E-state index in [0.717, 1.165) is 0 Å². The molecule has 3 rings (SSSR count). The standard InChI is InChI=1S/C17H17NO4/c1-17(2)16(20)15(21-12-5-4-11(19)8-12)13-7-10(9-18)3-6-14(13)22-17/h3,6-8,15-16,20H,4-5H2,1-2H3. The van der Waals surface area contributed by atoms with Crippen LogP contribution in [-0.2, 0) is 9.53 Å². The number of ketones is 1. The van der Waals surface area contributed by atoms with Crippen LogP contribution < -0.4 is 4.74 Å². The summed E-state index contributed by atoms with van der Waals surface area (Å²) in [6, 6.07) is 7.12. The van der Waals surface area contributed by atoms with Crippen molar-refractivity contribution in [2.45, 2.75) is 44.5 Å². The molecule has 1 aliphatic carbocycles. The van der Waals surface area contributed by atoms with Crippen molar-refractivity contribution in [1.29, 1.82) is 5.26 Å². The van der Waals surface area contributed by atoms with E-state index in [1.165, 1.54) is 6.08 Å². The van der Waals surface area contributed by atoms with Gasteiger partial charge >= 0.3 is 0 Å². The molecule has 22 heavy (non-hydrogen) atoms. The molecule has 1 aromatic rings. The Hall–Kier alpha value is -2.32. The summed E-state index contributed by atoms with van der Waals surface area (Å²) in [5.41, 5.74) is 0.278. The third kappa shape index (κ3) is 2.46. The second-order valence-corrected chi connectivity index (χ2v) is 6.13. The zero-order chi connectivity index (χ0) is 15.9. The molecule has 1 heterocycles. The molecule has 2 atom stereocenters. The van der Waals surface area contributed by atoms with Crippen LogP contribution in [0.15, 0.2) is 30.0 Å². The molecule has 0 aromatic heterocycles. The molecular formula is C17H17NO4. The number of fused-ring (bicyclic) bond motifs is 1. The monoisotopic (exact) mass is 299 g/mol. The van der Waals surface area contributed by atoms with Gasteiger partial charge in [-0.15, -0.1) is 0 Å². The van der Waals surface area contributed by atoms with E-state index in [-0.39, 0.29) is 5.78 Å². The van der Waals surface area contributed by atoms with Gasteiger partial charge in [0.1, 0.15) is 23.2 Å². The van der Waals surface area contributed by atoms with Crippen molar-refractivity contribution in [3.63, 3.8) is 0 Å². The first-order chi connectivity index (χ1) is 10.4. The topological polar surface area (TPSA) is 79.5 Å². The van der Waals surface area contributed by atoms with Crippen LogP contribution in [0.25, 0.3) is 0 Å². The molecule has 0 saturated carbocycles. The number of benzene rings is 1. The number of nitrogens with zero attached hydrogens (tertiary/aromatic N) is 1. The van der Waals surface area contributed by atoms with Crippen molar-refractivity contribution in [2.75, 3.05) is 0 Å². The zero-order valence-electron chi connectivity index (χ0n) is 12.5. The van der Waals surface area contributed by atoms with E-state index in [1.54, 1.807) is 32.0 Å². The highest BCUT2D eigenvalue weighted by Gasteiger charge is 2.44. The predicted octanol–water partition coefficient (Wildman–Crippen LogP) is 2.39. The maximum atomic E-state index is 11.4. The van der Waals surface area contributed by atoms with Gasteiger partial charge in [0, 0.05) is 24.5 Å². The Morgan fingerprint density at radius 1 is 1.41 bits per heavy atom. The second kappa shape index (κ2) is 5.15. The van der Waals surface area contributed by atoms with E-state index >= 15 is 0 Å². The van der Waals surface area contributed by atoms with Crippen molar-refractivity contribution in [3.05, 3.63) is 41.2 Å². The Labute approximate surface area is 128 Å². The van der Waals surface area contributed by atoms with E-state index in [1.807, 2.05) is 0 Å². The first-order valence-corrected chi connectivity index (χ1v) is 7.22. The van der Waals surface area contributed by atoms with Gasteiger partial charge in [-0.2, -0.15) is 5.26 Å². The Morgan fingerprint density at radius 2 is 2.18 bits per heavy atom. The molecule has 5 nitrogen and oxygen atoms in total. The first-order valence-electron chi connectivity index (χ1n) is 7.22. The molecule has 5 heteroatoms. The van der Waals surface area contributed by atoms with Crippen LogP contribution in [0.2, 0.25) is 0 Å². The lowest BCUT2D eigenvalue weighted by Crippen LogP contribution is -2.49. The third-order valence-corrected chi connectivity index (χ3v) is 4.04. The number of aliphatic hydroxyl groups is 1. The number of carbonyl (C=O) groups excluding carboxylic acids is 1. The maximum Gasteiger partial charge on any atom is 0.159 e. The van der Waals surface area contributed by atoms with Gasteiger partial charge in [-0.1, -0.05) is 0 Å². The average molecular weight is 299 g/mol. The molecule has 0 bridgehead atoms. The van der Waals surface area contributed by atoms with E-state index in [2.05, 4.69) is 6.07 Å². The largest absolute Gasteiger partial charge is 0.487 e. The maximum absolute atomic E-state index is 11.4. The fraction of sp³-hybridized carbons (Fsp3) is 0.412. The quantitative estimate of drug-likeness (QED) is 0.907. The zero-order valence-corrected chi connectivity index (χ0v) is 12.5. The lowest BCUT2D eigenvalue weighted by atomic mass is 9.87. The lowest BCUT2D eigenvalue weighted by Gasteiger charge is -2.42. The summed E-state index contributed by atoms with van der Waals surface area (Å²) >= 11 is 0. The second-order valence-electron chi connectivity index (χ2n) is 6.13. The van der Waals surface area contributed by atoms with E-state index in [9.17, 15) is 9.90 Å². The van der Waals surface area contributed by atoms with Crippen LogP contribution in [0.1, 0.15) is 43.9 Å². The SMILES string of the molecule is CC1(C)Oc2ccc(C#N)cc2C(OC2=CC(=O)CC2)C1O. The molecule has 0 saturated heterocycles. The van der Waals surface area contributed by atoms with Gasteiger partial charge in [-0.3, -0.25) is 4.79 Å². The molecule has 0 spiro atoms. The van der Waals surface area contributed by atoms with E-state index < -0.39 is 17.8 Å². The summed E-state index contributed by atoms with van der Waals surface area (Å²) < 4.78 is 11.7. The van der Waals surface area contributed by atoms with Crippen LogP contribution in [-0.4, -0.2) is 22.6 Å². The summed E-state index contributed by atoms with van der Waals surface area (Å²) in [5, 5.41) is 19.7. The molecular weight excluding hydrogens is 282 g/mol. The minimum atomic E-state index is -0.912. The Kier molecular flexibility index (Phi) is 3.42. The number of carbonyl (C=O) groups is 1. The summed E-state index contributed by atoms with van der Waals surface area (Å²) in [5.74, 6) is 1.19. The van der Waals surface area contributed by atoms with E-state index in [4.69, 9.17) is 14.7 Å². The minimum absolute atomic E-state index is 0.0295. The summed E-state index contributed by atoms with van der Waals surface area (Å²) in [6.45, 7) is 3.56. The van der Waals surface area contributed by atoms with E-state index in [0.29, 0.717) is 35.5 Å². The highest BCUT2D eigenvalue weighted by atomic mass is 16.5. The Morgan fingerprint density at radius 3 is 2.82 bits per heavy atom. The van der Waals surface area contributed by atoms with Crippen LogP contribution in [0.4, 0.5) is 0 Å². The summed E-state index contributed by atoms with van der Waals surface area (Å²) in [7, 11) is 0. The number of aliphatic hydroxyl groups excluding tert-OH is 1. The Balaban J connectivity index is 2.01. The average Bonchev–Trinajstić information content (AvgIpc) is 2.88. The van der Waals surface area contributed by atoms with Crippen molar-refractivity contribution >= 4 is 5.78 Å². The first kappa shape index (κ1) is 14.6. The molecule has 114 valence electrons. The lowest BCUT2D eigenvalue weighted by molar-refractivity contribution is -0.120. The molecule has 1 aromatic carbocycles. The predicted molar refractivity (Wildman–Crippen MR) is 78.0 cm³/mol. The summed E-state index contributed by atoms with van der Waals surface area (Å²) in [6.07, 6.45) is 0.873. The van der Waals surface area contributed by atoms with Gasteiger partial charge < -0.3 is 14.6 Å².